The Kier molecular flexibility index (Phi) is 5.72. The molecule has 0 rings (SSSR count). The third kappa shape index (κ3) is 3.72. The zero-order valence-corrected chi connectivity index (χ0v) is 8.21. The molecule has 0 fully saturated rings. The van der Waals surface area contributed by atoms with E-state index in [1.807, 2.05) is 13.8 Å². The topological polar surface area (TPSA) is 40.5 Å². The first kappa shape index (κ1) is 11.4. The summed E-state index contributed by atoms with van der Waals surface area (Å²) in [6.07, 6.45) is 1.53. The molecule has 1 N–H and O–H groups in total. The van der Waals surface area contributed by atoms with E-state index in [0.29, 0.717) is 6.42 Å². The van der Waals surface area contributed by atoms with Gasteiger partial charge in [-0.2, -0.15) is 0 Å². The van der Waals surface area contributed by atoms with E-state index in [-0.39, 0.29) is 5.91 Å². The Hall–Kier alpha value is -0.570. The molecule has 0 saturated carbocycles. The summed E-state index contributed by atoms with van der Waals surface area (Å²) in [5.41, 5.74) is 0. The summed E-state index contributed by atoms with van der Waals surface area (Å²) in [6, 6.07) is 0. The minimum Gasteiger partial charge on any atom is -0.383 e. The van der Waals surface area contributed by atoms with Crippen LogP contribution in [0.2, 0.25) is 0 Å². The lowest BCUT2D eigenvalue weighted by Gasteiger charge is -2.19. The highest BCUT2D eigenvalue weighted by molar-refractivity contribution is 5.80. The third-order valence-electron chi connectivity index (χ3n) is 1.78. The summed E-state index contributed by atoms with van der Waals surface area (Å²) < 4.78 is 0. The van der Waals surface area contributed by atoms with Crippen LogP contribution < -0.4 is 0 Å². The van der Waals surface area contributed by atoms with Crippen LogP contribution in [0.5, 0.6) is 0 Å². The fourth-order valence-electron chi connectivity index (χ4n) is 1.10. The second-order valence-electron chi connectivity index (χ2n) is 3.06. The van der Waals surface area contributed by atoms with E-state index in [4.69, 9.17) is 0 Å². The molecule has 72 valence electrons. The van der Waals surface area contributed by atoms with Gasteiger partial charge in [-0.25, -0.2) is 0 Å². The van der Waals surface area contributed by atoms with Crippen molar-refractivity contribution in [2.24, 2.45) is 0 Å². The first-order valence-electron chi connectivity index (χ1n) is 4.56. The van der Waals surface area contributed by atoms with Crippen molar-refractivity contribution in [1.82, 2.24) is 4.90 Å². The van der Waals surface area contributed by atoms with E-state index in [0.717, 1.165) is 19.4 Å². The van der Waals surface area contributed by atoms with Gasteiger partial charge in [0.1, 0.15) is 6.10 Å². The third-order valence-corrected chi connectivity index (χ3v) is 1.78. The van der Waals surface area contributed by atoms with Crippen molar-refractivity contribution in [1.29, 1.82) is 0 Å². The normalized spacial score (nSPS) is 12.7. The molecule has 3 nitrogen and oxygen atoms in total. The number of rotatable bonds is 5. The lowest BCUT2D eigenvalue weighted by Crippen LogP contribution is -2.36. The molecular formula is C9H19NO2. The van der Waals surface area contributed by atoms with Gasteiger partial charge in [0, 0.05) is 13.6 Å². The number of hydrogen-bond donors (Lipinski definition) is 1. The molecule has 0 aliphatic heterocycles. The van der Waals surface area contributed by atoms with Crippen LogP contribution in [-0.4, -0.2) is 35.6 Å². The number of amides is 1. The molecular weight excluding hydrogens is 154 g/mol. The Morgan fingerprint density at radius 3 is 2.42 bits per heavy atom. The van der Waals surface area contributed by atoms with Crippen LogP contribution in [0.15, 0.2) is 0 Å². The highest BCUT2D eigenvalue weighted by atomic mass is 16.3. The summed E-state index contributed by atoms with van der Waals surface area (Å²) in [5, 5.41) is 9.32. The maximum Gasteiger partial charge on any atom is 0.251 e. The van der Waals surface area contributed by atoms with Crippen molar-refractivity contribution < 1.29 is 9.90 Å². The number of carbonyl (C=O) groups excluding carboxylic acids is 1. The number of hydrogen-bond acceptors (Lipinski definition) is 2. The zero-order chi connectivity index (χ0) is 9.56. The molecule has 0 saturated heterocycles. The van der Waals surface area contributed by atoms with Crippen molar-refractivity contribution in [3.8, 4) is 0 Å². The van der Waals surface area contributed by atoms with E-state index in [1.165, 1.54) is 0 Å². The van der Waals surface area contributed by atoms with Crippen LogP contribution in [0, 0.1) is 0 Å². The fourth-order valence-corrected chi connectivity index (χ4v) is 1.10. The Morgan fingerprint density at radius 2 is 2.00 bits per heavy atom. The predicted octanol–water partition coefficient (Wildman–Crippen LogP) is 1.02. The molecule has 1 unspecified atom stereocenters. The van der Waals surface area contributed by atoms with Crippen molar-refractivity contribution in [2.75, 3.05) is 13.6 Å². The quantitative estimate of drug-likeness (QED) is 0.674. The number of aliphatic hydroxyl groups is 1. The summed E-state index contributed by atoms with van der Waals surface area (Å²) in [5.74, 6) is -0.154. The van der Waals surface area contributed by atoms with E-state index in [2.05, 4.69) is 0 Å². The maximum atomic E-state index is 11.3. The first-order valence-corrected chi connectivity index (χ1v) is 4.56. The van der Waals surface area contributed by atoms with Gasteiger partial charge in [-0.05, 0) is 12.8 Å². The van der Waals surface area contributed by atoms with Gasteiger partial charge in [0.15, 0.2) is 0 Å². The highest BCUT2D eigenvalue weighted by Gasteiger charge is 2.16. The number of aliphatic hydroxyl groups excluding tert-OH is 1. The molecule has 0 radical (unpaired) electrons. The Balaban J connectivity index is 3.82. The van der Waals surface area contributed by atoms with Gasteiger partial charge in [0.25, 0.3) is 5.91 Å². The van der Waals surface area contributed by atoms with Gasteiger partial charge in [0.05, 0.1) is 0 Å². The average Bonchev–Trinajstić information content (AvgIpc) is 2.04. The monoisotopic (exact) mass is 173 g/mol. The molecule has 0 aromatic heterocycles. The lowest BCUT2D eigenvalue weighted by atomic mass is 10.2. The molecule has 0 bridgehead atoms. The summed E-state index contributed by atoms with van der Waals surface area (Å²) in [6.45, 7) is 4.69. The molecule has 0 aliphatic rings. The second kappa shape index (κ2) is 6.00. The Bertz CT molecular complexity index is 122. The lowest BCUT2D eigenvalue weighted by molar-refractivity contribution is -0.139. The van der Waals surface area contributed by atoms with Crippen LogP contribution in [0.4, 0.5) is 0 Å². The van der Waals surface area contributed by atoms with Crippen LogP contribution in [0.3, 0.4) is 0 Å². The minimum atomic E-state index is -0.799. The largest absolute Gasteiger partial charge is 0.383 e. The maximum absolute atomic E-state index is 11.3. The minimum absolute atomic E-state index is 0.154. The molecule has 0 aromatic rings. The van der Waals surface area contributed by atoms with Gasteiger partial charge in [-0.1, -0.05) is 20.3 Å². The van der Waals surface area contributed by atoms with Crippen molar-refractivity contribution >= 4 is 5.91 Å². The molecule has 0 heterocycles. The first-order chi connectivity index (χ1) is 5.63. The fraction of sp³-hybridized carbons (Fsp3) is 0.889. The van der Waals surface area contributed by atoms with Crippen molar-refractivity contribution in [3.63, 3.8) is 0 Å². The van der Waals surface area contributed by atoms with Crippen LogP contribution in [-0.2, 0) is 4.79 Å². The number of nitrogens with zero attached hydrogens (tertiary/aromatic N) is 1. The highest BCUT2D eigenvalue weighted by Crippen LogP contribution is 2.00. The number of likely N-dealkylation sites (N-methyl/N-ethyl adjacent to an activating group) is 1. The molecule has 1 atom stereocenters. The van der Waals surface area contributed by atoms with Crippen LogP contribution >= 0.6 is 0 Å². The van der Waals surface area contributed by atoms with Crippen LogP contribution in [0.1, 0.15) is 33.1 Å². The van der Waals surface area contributed by atoms with Gasteiger partial charge in [-0.3, -0.25) is 4.79 Å². The van der Waals surface area contributed by atoms with Gasteiger partial charge >= 0.3 is 0 Å². The Morgan fingerprint density at radius 1 is 1.42 bits per heavy atom. The van der Waals surface area contributed by atoms with Gasteiger partial charge in [-0.15, -0.1) is 0 Å². The summed E-state index contributed by atoms with van der Waals surface area (Å²) >= 11 is 0. The summed E-state index contributed by atoms with van der Waals surface area (Å²) in [7, 11) is 1.73. The van der Waals surface area contributed by atoms with Gasteiger partial charge < -0.3 is 10.0 Å². The molecule has 0 aliphatic carbocycles. The van der Waals surface area contributed by atoms with Crippen molar-refractivity contribution in [3.05, 3.63) is 0 Å². The average molecular weight is 173 g/mol. The van der Waals surface area contributed by atoms with E-state index in [1.54, 1.807) is 11.9 Å². The van der Waals surface area contributed by atoms with Crippen molar-refractivity contribution in [2.45, 2.75) is 39.2 Å². The molecule has 1 amide bonds. The van der Waals surface area contributed by atoms with E-state index >= 15 is 0 Å². The molecule has 3 heteroatoms. The molecule has 12 heavy (non-hydrogen) atoms. The smallest absolute Gasteiger partial charge is 0.251 e. The van der Waals surface area contributed by atoms with E-state index < -0.39 is 6.10 Å². The van der Waals surface area contributed by atoms with Gasteiger partial charge in [0.2, 0.25) is 0 Å². The molecule has 0 spiro atoms. The zero-order valence-electron chi connectivity index (χ0n) is 8.21. The van der Waals surface area contributed by atoms with Crippen LogP contribution in [0.25, 0.3) is 0 Å². The Labute approximate surface area is 74.4 Å². The van der Waals surface area contributed by atoms with E-state index in [9.17, 15) is 9.90 Å². The number of carbonyl (C=O) groups is 1. The second-order valence-corrected chi connectivity index (χ2v) is 3.06. The molecule has 0 aromatic carbocycles. The summed E-state index contributed by atoms with van der Waals surface area (Å²) in [4.78, 5) is 12.9. The predicted molar refractivity (Wildman–Crippen MR) is 48.8 cm³/mol. The standard InChI is InChI=1S/C9H19NO2/c1-4-6-8(11)9(12)10(3)7-5-2/h8,11H,4-7H2,1-3H3. The SMILES string of the molecule is CCCC(O)C(=O)N(C)CCC.